The monoisotopic (exact) mass is 1080 g/mol. The number of aliphatic hydroxyl groups excluding tert-OH is 2. The van der Waals surface area contributed by atoms with Crippen molar-refractivity contribution in [1.29, 1.82) is 0 Å². The number of aliphatic hydroxyl groups is 2. The number of ether oxygens (including phenoxy) is 4. The van der Waals surface area contributed by atoms with Crippen LogP contribution in [0.1, 0.15) is 27.0 Å². The van der Waals surface area contributed by atoms with Gasteiger partial charge in [0, 0.05) is 21.2 Å². The highest BCUT2D eigenvalue weighted by Crippen LogP contribution is 2.44. The first-order chi connectivity index (χ1) is 32.2. The Hall–Kier alpha value is -5.15. The predicted molar refractivity (Wildman–Crippen MR) is 230 cm³/mol. The van der Waals surface area contributed by atoms with Crippen molar-refractivity contribution < 1.29 is 86.4 Å². The molecule has 3 N–H and O–H groups in total. The number of hydrogen-bond acceptors (Lipinski definition) is 11. The highest BCUT2D eigenvalue weighted by molar-refractivity contribution is 7.86. The second-order valence-electron chi connectivity index (χ2n) is 13.5. The molecule has 1 fully saturated rings. The van der Waals surface area contributed by atoms with Crippen molar-refractivity contribution in [3.05, 3.63) is 153 Å². The number of aromatic nitrogens is 4. The molecule has 28 heteroatoms. The van der Waals surface area contributed by atoms with E-state index in [1.54, 1.807) is 36.4 Å². The first-order valence-corrected chi connectivity index (χ1v) is 21.8. The molecule has 6 aromatic rings. The number of halogens is 13. The third-order valence-electron chi connectivity index (χ3n) is 8.56. The van der Waals surface area contributed by atoms with Crippen LogP contribution in [0.15, 0.2) is 110 Å². The Balaban J connectivity index is 0.000000244. The van der Waals surface area contributed by atoms with Gasteiger partial charge in [0.25, 0.3) is 0 Å². The number of carbonyl (C=O) groups excluding carboxylic acids is 1. The van der Waals surface area contributed by atoms with Gasteiger partial charge in [-0.1, -0.05) is 46.4 Å². The van der Waals surface area contributed by atoms with Crippen LogP contribution in [0.2, 0.25) is 20.4 Å². The summed E-state index contributed by atoms with van der Waals surface area (Å²) in [5, 5.41) is 16.6. The van der Waals surface area contributed by atoms with E-state index >= 15 is 0 Å². The van der Waals surface area contributed by atoms with E-state index in [1.807, 2.05) is 0 Å². The summed E-state index contributed by atoms with van der Waals surface area (Å²) in [6, 6.07) is 19.3. The molecule has 0 unspecified atom stereocenters. The third kappa shape index (κ3) is 16.5. The van der Waals surface area contributed by atoms with Crippen molar-refractivity contribution in [3.8, 4) is 23.0 Å². The van der Waals surface area contributed by atoms with Gasteiger partial charge in [-0.3, -0.25) is 9.35 Å². The van der Waals surface area contributed by atoms with Crippen LogP contribution in [0.25, 0.3) is 0 Å². The molecule has 3 heterocycles. The summed E-state index contributed by atoms with van der Waals surface area (Å²) in [7, 11) is -5.84. The largest absolute Gasteiger partial charge is 0.522 e. The summed E-state index contributed by atoms with van der Waals surface area (Å²) >= 11 is 23.5. The summed E-state index contributed by atoms with van der Waals surface area (Å²) in [6.45, 7) is -0.412. The van der Waals surface area contributed by atoms with Crippen LogP contribution in [0.4, 0.5) is 39.5 Å². The molecule has 4 aromatic carbocycles. The van der Waals surface area contributed by atoms with Crippen LogP contribution in [0, 0.1) is 0 Å². The molecule has 2 aromatic heterocycles. The SMILES string of the molecule is FC(F)(F)c1cc(Oc2ccc(Cl)cc2)ccc1C1(Cn2cncc2Cl)OCCO1.O=C(Cn1cncc1Cl)c1ccc(Oc2ccc(Cl)cc2)cc1C(F)(F)F.O=S(=O)(O)C(F)(F)F.OCCO. The zero-order valence-electron chi connectivity index (χ0n) is 34.4. The average Bonchev–Trinajstić information content (AvgIpc) is 4.03. The van der Waals surface area contributed by atoms with E-state index in [9.17, 15) is 44.3 Å². The van der Waals surface area contributed by atoms with Crippen LogP contribution >= 0.6 is 46.4 Å². The maximum atomic E-state index is 14.0. The molecule has 1 saturated heterocycles. The lowest BCUT2D eigenvalue weighted by atomic mass is 9.98. The first-order valence-electron chi connectivity index (χ1n) is 18.8. The second kappa shape index (κ2) is 24.1. The van der Waals surface area contributed by atoms with Crippen LogP contribution in [0.3, 0.4) is 0 Å². The van der Waals surface area contributed by atoms with E-state index in [0.29, 0.717) is 21.5 Å². The molecular formula is C41H33Cl4F9N4O10S. The van der Waals surface area contributed by atoms with E-state index in [0.717, 1.165) is 18.2 Å². The number of rotatable bonds is 11. The minimum atomic E-state index is -5.84. The lowest BCUT2D eigenvalue weighted by Crippen LogP contribution is -2.35. The fourth-order valence-corrected chi connectivity index (χ4v) is 6.16. The Bertz CT molecular complexity index is 2730. The van der Waals surface area contributed by atoms with Crippen molar-refractivity contribution >= 4 is 62.3 Å². The molecular weight excluding hydrogens is 1050 g/mol. The number of hydrogen-bond donors (Lipinski definition) is 3. The normalized spacial score (nSPS) is 13.5. The molecule has 1 aliphatic rings. The molecule has 1 aliphatic heterocycles. The molecule has 0 radical (unpaired) electrons. The number of alkyl halides is 9. The zero-order valence-corrected chi connectivity index (χ0v) is 38.3. The average molecular weight is 1090 g/mol. The molecule has 14 nitrogen and oxygen atoms in total. The topological polar surface area (TPSA) is 184 Å². The maximum Gasteiger partial charge on any atom is 0.522 e. The highest BCUT2D eigenvalue weighted by atomic mass is 35.5. The molecule has 374 valence electrons. The number of nitrogens with zero attached hydrogens (tertiary/aromatic N) is 4. The van der Waals surface area contributed by atoms with Crippen molar-refractivity contribution in [2.75, 3.05) is 26.4 Å². The van der Waals surface area contributed by atoms with Gasteiger partial charge in [0.1, 0.15) is 33.3 Å². The van der Waals surface area contributed by atoms with Crippen molar-refractivity contribution in [3.63, 3.8) is 0 Å². The van der Waals surface area contributed by atoms with E-state index in [4.69, 9.17) is 88.5 Å². The molecule has 7 rings (SSSR count). The molecule has 0 amide bonds. The van der Waals surface area contributed by atoms with Gasteiger partial charge in [-0.05, 0) is 84.9 Å². The molecule has 0 atom stereocenters. The van der Waals surface area contributed by atoms with E-state index in [2.05, 4.69) is 9.97 Å². The van der Waals surface area contributed by atoms with Crippen LogP contribution in [0.5, 0.6) is 23.0 Å². The Morgan fingerprint density at radius 2 is 1.06 bits per heavy atom. The smallest absolute Gasteiger partial charge is 0.457 e. The van der Waals surface area contributed by atoms with Gasteiger partial charge in [-0.15, -0.1) is 0 Å². The van der Waals surface area contributed by atoms with Crippen molar-refractivity contribution in [2.45, 2.75) is 36.7 Å². The fourth-order valence-electron chi connectivity index (χ4n) is 5.59. The van der Waals surface area contributed by atoms with Gasteiger partial charge in [0.15, 0.2) is 5.78 Å². The minimum Gasteiger partial charge on any atom is -0.457 e. The zero-order chi connectivity index (χ0) is 51.4. The number of Topliss-reactive ketones (excluding diaryl/α,β-unsaturated/α-hetero) is 1. The Morgan fingerprint density at radius 1 is 0.652 bits per heavy atom. The quantitative estimate of drug-likeness (QED) is 0.0483. The molecule has 0 saturated carbocycles. The number of ketones is 1. The number of imidazole rings is 2. The fraction of sp³-hybridized carbons (Fsp3) is 0.244. The highest BCUT2D eigenvalue weighted by Gasteiger charge is 2.47. The summed E-state index contributed by atoms with van der Waals surface area (Å²) in [4.78, 5) is 20.0. The maximum absolute atomic E-state index is 14.0. The Labute approximate surface area is 405 Å². The first kappa shape index (κ1) is 56.4. The van der Waals surface area contributed by atoms with E-state index < -0.39 is 56.2 Å². The Kier molecular flexibility index (Phi) is 19.7. The number of carbonyl (C=O) groups is 1. The minimum absolute atomic E-state index is 0.0159. The van der Waals surface area contributed by atoms with E-state index in [-0.39, 0.29) is 66.9 Å². The lowest BCUT2D eigenvalue weighted by Gasteiger charge is -2.31. The molecule has 69 heavy (non-hydrogen) atoms. The number of benzene rings is 4. The summed E-state index contributed by atoms with van der Waals surface area (Å²) in [5.74, 6) is -1.77. The second-order valence-corrected chi connectivity index (χ2v) is 16.5. The van der Waals surface area contributed by atoms with Crippen LogP contribution in [-0.2, 0) is 50.8 Å². The molecule has 0 aliphatic carbocycles. The van der Waals surface area contributed by atoms with Gasteiger partial charge in [0.05, 0.1) is 75.7 Å². The summed E-state index contributed by atoms with van der Waals surface area (Å²) < 4.78 is 165. The van der Waals surface area contributed by atoms with Gasteiger partial charge in [0.2, 0.25) is 5.79 Å². The van der Waals surface area contributed by atoms with Gasteiger partial charge in [-0.25, -0.2) is 9.97 Å². The van der Waals surface area contributed by atoms with E-state index in [1.165, 1.54) is 64.5 Å². The molecule has 0 spiro atoms. The third-order valence-corrected chi connectivity index (χ3v) is 10.3. The van der Waals surface area contributed by atoms with Crippen LogP contribution < -0.4 is 9.47 Å². The van der Waals surface area contributed by atoms with Crippen molar-refractivity contribution in [2.24, 2.45) is 0 Å². The van der Waals surface area contributed by atoms with Gasteiger partial charge in [-0.2, -0.15) is 47.9 Å². The Morgan fingerprint density at radius 3 is 1.45 bits per heavy atom. The lowest BCUT2D eigenvalue weighted by molar-refractivity contribution is -0.186. The van der Waals surface area contributed by atoms with Gasteiger partial charge >= 0.3 is 28.0 Å². The summed E-state index contributed by atoms with van der Waals surface area (Å²) in [6.07, 6.45) is -4.05. The standard InChI is InChI=1S/C20H15Cl2F3N2O3.C18H11Cl2F3N2O2.C2H6O2.CHF3O3S/c21-13-1-3-14(4-2-13)30-15-5-6-16(17(9-15)20(23,24)25)19(28-7-8-29-19)11-27-12-26-10-18(27)22;19-11-1-3-12(4-2-11)27-13-5-6-14(15(7-13)18(21,22)23)16(26)9-25-10-24-8-17(25)20;3-1-2-4;2-1(3,4)8(5,6)7/h1-6,9-10,12H,7-8,11H2;1-8,10H,9H2;3-4H,1-2H2;(H,5,6,7). The molecule has 0 bridgehead atoms. The van der Waals surface area contributed by atoms with Crippen LogP contribution in [-0.4, -0.2) is 80.0 Å². The predicted octanol–water partition coefficient (Wildman–Crippen LogP) is 11.1. The summed E-state index contributed by atoms with van der Waals surface area (Å²) in [5.41, 5.74) is -8.19. The van der Waals surface area contributed by atoms with Gasteiger partial charge < -0.3 is 38.3 Å². The van der Waals surface area contributed by atoms with Crippen molar-refractivity contribution in [1.82, 2.24) is 19.1 Å².